The van der Waals surface area contributed by atoms with Crippen molar-refractivity contribution in [1.82, 2.24) is 10.6 Å². The molecule has 198 valence electrons. The SMILES string of the molecule is COC(=O)C(CSSCC(NCCC(=O)c1ccc(C)s1)C(=O)OC)NCCC(=O)c1ccc(C)s1. The highest BCUT2D eigenvalue weighted by Crippen LogP contribution is 2.24. The lowest BCUT2D eigenvalue weighted by Crippen LogP contribution is -2.41. The van der Waals surface area contributed by atoms with E-state index in [9.17, 15) is 19.2 Å². The van der Waals surface area contributed by atoms with E-state index in [-0.39, 0.29) is 24.4 Å². The second-order valence-corrected chi connectivity index (χ2v) is 12.9. The number of Topliss-reactive ketones (excluding diaryl/α,β-unsaturated/α-hetero) is 2. The van der Waals surface area contributed by atoms with Gasteiger partial charge in [-0.3, -0.25) is 19.2 Å². The highest BCUT2D eigenvalue weighted by Gasteiger charge is 2.22. The molecule has 0 spiro atoms. The van der Waals surface area contributed by atoms with E-state index in [4.69, 9.17) is 9.47 Å². The number of carbonyl (C=O) groups is 4. The molecule has 0 amide bonds. The molecule has 2 atom stereocenters. The van der Waals surface area contributed by atoms with Crippen molar-refractivity contribution in [2.45, 2.75) is 38.8 Å². The first-order valence-electron chi connectivity index (χ1n) is 11.3. The molecule has 0 bridgehead atoms. The summed E-state index contributed by atoms with van der Waals surface area (Å²) in [5.41, 5.74) is 0. The van der Waals surface area contributed by atoms with Gasteiger partial charge in [-0.1, -0.05) is 21.6 Å². The van der Waals surface area contributed by atoms with Gasteiger partial charge in [0.25, 0.3) is 0 Å². The van der Waals surface area contributed by atoms with Crippen molar-refractivity contribution in [2.75, 3.05) is 38.8 Å². The van der Waals surface area contributed by atoms with E-state index in [1.807, 2.05) is 38.1 Å². The van der Waals surface area contributed by atoms with Crippen LogP contribution >= 0.6 is 44.3 Å². The first kappa shape index (κ1) is 30.5. The number of hydrogen-bond acceptors (Lipinski definition) is 12. The van der Waals surface area contributed by atoms with Crippen LogP contribution in [0.3, 0.4) is 0 Å². The minimum absolute atomic E-state index is 0.0333. The molecule has 2 rings (SSSR count). The van der Waals surface area contributed by atoms with Crippen molar-refractivity contribution < 1.29 is 28.7 Å². The summed E-state index contributed by atoms with van der Waals surface area (Å²) < 4.78 is 9.76. The summed E-state index contributed by atoms with van der Waals surface area (Å²) in [6.07, 6.45) is 0.562. The molecule has 2 unspecified atom stereocenters. The fraction of sp³-hybridized carbons (Fsp3) is 0.500. The van der Waals surface area contributed by atoms with Gasteiger partial charge in [0.2, 0.25) is 0 Å². The second kappa shape index (κ2) is 16.2. The number of methoxy groups -OCH3 is 2. The van der Waals surface area contributed by atoms with Crippen molar-refractivity contribution in [3.05, 3.63) is 43.8 Å². The quantitative estimate of drug-likeness (QED) is 0.125. The Bertz CT molecular complexity index is 942. The highest BCUT2D eigenvalue weighted by atomic mass is 33.1. The van der Waals surface area contributed by atoms with Gasteiger partial charge in [0.1, 0.15) is 12.1 Å². The van der Waals surface area contributed by atoms with E-state index in [0.29, 0.717) is 34.3 Å². The van der Waals surface area contributed by atoms with Crippen molar-refractivity contribution >= 4 is 67.8 Å². The van der Waals surface area contributed by atoms with E-state index in [2.05, 4.69) is 10.6 Å². The van der Waals surface area contributed by atoms with Gasteiger partial charge in [-0.25, -0.2) is 0 Å². The average Bonchev–Trinajstić information content (AvgIpc) is 3.51. The van der Waals surface area contributed by atoms with Crippen molar-refractivity contribution in [3.63, 3.8) is 0 Å². The molecule has 0 radical (unpaired) electrons. The molecule has 0 aliphatic heterocycles. The average molecular weight is 573 g/mol. The standard InChI is InChI=1S/C24H32N2O6S4/c1-15-5-7-21(35-15)19(27)9-11-25-17(23(29)31-3)13-33-34-14-18(24(30)32-4)26-12-10-20(28)22-8-6-16(2)36-22/h5-8,17-18,25-26H,9-14H2,1-4H3. The Labute approximate surface area is 227 Å². The third kappa shape index (κ3) is 10.3. The summed E-state index contributed by atoms with van der Waals surface area (Å²) in [4.78, 5) is 52.5. The molecule has 0 aliphatic rings. The first-order chi connectivity index (χ1) is 17.2. The summed E-state index contributed by atoms with van der Waals surface area (Å²) >= 11 is 2.92. The third-order valence-electron chi connectivity index (χ3n) is 5.04. The van der Waals surface area contributed by atoms with Gasteiger partial charge in [0.15, 0.2) is 11.6 Å². The molecule has 0 saturated heterocycles. The Morgan fingerprint density at radius 1 is 0.750 bits per heavy atom. The number of aryl methyl sites for hydroxylation is 2. The normalized spacial score (nSPS) is 12.7. The minimum atomic E-state index is -0.582. The molecule has 0 aromatic carbocycles. The third-order valence-corrected chi connectivity index (χ3v) is 9.55. The molecule has 0 aliphatic carbocycles. The zero-order valence-electron chi connectivity index (χ0n) is 20.8. The fourth-order valence-corrected chi connectivity index (χ4v) is 7.11. The van der Waals surface area contributed by atoms with E-state index >= 15 is 0 Å². The van der Waals surface area contributed by atoms with Gasteiger partial charge in [0.05, 0.1) is 24.0 Å². The maximum atomic E-state index is 12.3. The van der Waals surface area contributed by atoms with Crippen molar-refractivity contribution in [3.8, 4) is 0 Å². The lowest BCUT2D eigenvalue weighted by Gasteiger charge is -2.18. The number of thiophene rings is 2. The second-order valence-electron chi connectivity index (χ2n) is 7.80. The zero-order chi connectivity index (χ0) is 26.5. The maximum Gasteiger partial charge on any atom is 0.323 e. The number of esters is 2. The number of ketones is 2. The smallest absolute Gasteiger partial charge is 0.323 e. The molecule has 8 nitrogen and oxygen atoms in total. The predicted molar refractivity (Wildman–Crippen MR) is 149 cm³/mol. The van der Waals surface area contributed by atoms with Gasteiger partial charge in [-0.2, -0.15) is 0 Å². The van der Waals surface area contributed by atoms with Gasteiger partial charge in [-0.15, -0.1) is 22.7 Å². The molecular formula is C24H32N2O6S4. The Kier molecular flexibility index (Phi) is 13.7. The number of ether oxygens (including phenoxy) is 2. The maximum absolute atomic E-state index is 12.3. The molecule has 0 saturated carbocycles. The van der Waals surface area contributed by atoms with Gasteiger partial charge in [0, 0.05) is 47.2 Å². The molecular weight excluding hydrogens is 541 g/mol. The van der Waals surface area contributed by atoms with Crippen molar-refractivity contribution in [2.24, 2.45) is 0 Å². The lowest BCUT2D eigenvalue weighted by atomic mass is 10.2. The van der Waals surface area contributed by atoms with Crippen LogP contribution in [0.15, 0.2) is 24.3 Å². The topological polar surface area (TPSA) is 111 Å². The Balaban J connectivity index is 1.75. The van der Waals surface area contributed by atoms with Crippen LogP contribution in [0.2, 0.25) is 0 Å². The van der Waals surface area contributed by atoms with Gasteiger partial charge in [-0.05, 0) is 38.1 Å². The summed E-state index contributed by atoms with van der Waals surface area (Å²) in [6, 6.07) is 6.29. The van der Waals surface area contributed by atoms with Crippen LogP contribution in [0.5, 0.6) is 0 Å². The van der Waals surface area contributed by atoms with Crippen LogP contribution in [0.1, 0.15) is 41.9 Å². The minimum Gasteiger partial charge on any atom is -0.468 e. The van der Waals surface area contributed by atoms with E-state index in [1.165, 1.54) is 58.5 Å². The summed E-state index contributed by atoms with van der Waals surface area (Å²) in [5, 5.41) is 6.19. The van der Waals surface area contributed by atoms with Crippen LogP contribution in [0.4, 0.5) is 0 Å². The van der Waals surface area contributed by atoms with E-state index < -0.39 is 24.0 Å². The number of carbonyl (C=O) groups excluding carboxylic acids is 4. The molecule has 2 N–H and O–H groups in total. The fourth-order valence-electron chi connectivity index (χ4n) is 3.07. The van der Waals surface area contributed by atoms with Gasteiger partial charge >= 0.3 is 11.9 Å². The summed E-state index contributed by atoms with van der Waals surface area (Å²) in [5.74, 6) is 0.0402. The first-order valence-corrected chi connectivity index (χ1v) is 15.4. The predicted octanol–water partition coefficient (Wildman–Crippen LogP) is 3.92. The Hall–Kier alpha value is -1.70. The molecule has 2 heterocycles. The largest absolute Gasteiger partial charge is 0.468 e. The lowest BCUT2D eigenvalue weighted by molar-refractivity contribution is -0.143. The zero-order valence-corrected chi connectivity index (χ0v) is 24.1. The van der Waals surface area contributed by atoms with Crippen LogP contribution in [0.25, 0.3) is 0 Å². The molecule has 12 heteroatoms. The Morgan fingerprint density at radius 3 is 1.44 bits per heavy atom. The van der Waals surface area contributed by atoms with Crippen LogP contribution in [-0.2, 0) is 19.1 Å². The van der Waals surface area contributed by atoms with E-state index in [1.54, 1.807) is 0 Å². The molecule has 36 heavy (non-hydrogen) atoms. The number of rotatable bonds is 17. The Morgan fingerprint density at radius 2 is 1.14 bits per heavy atom. The van der Waals surface area contributed by atoms with Crippen LogP contribution < -0.4 is 10.6 Å². The number of hydrogen-bond donors (Lipinski definition) is 2. The molecule has 2 aromatic heterocycles. The van der Waals surface area contributed by atoms with E-state index in [0.717, 1.165) is 9.75 Å². The van der Waals surface area contributed by atoms with Crippen LogP contribution in [-0.4, -0.2) is 74.4 Å². The van der Waals surface area contributed by atoms with Crippen molar-refractivity contribution in [1.29, 1.82) is 0 Å². The van der Waals surface area contributed by atoms with Gasteiger partial charge < -0.3 is 20.1 Å². The van der Waals surface area contributed by atoms with Crippen LogP contribution in [0, 0.1) is 13.8 Å². The molecule has 2 aromatic rings. The number of nitrogens with one attached hydrogen (secondary N) is 2. The summed E-state index contributed by atoms with van der Waals surface area (Å²) in [7, 11) is 5.48. The summed E-state index contributed by atoms with van der Waals surface area (Å²) in [6.45, 7) is 4.61. The highest BCUT2D eigenvalue weighted by molar-refractivity contribution is 8.76. The monoisotopic (exact) mass is 572 g/mol. The molecule has 0 fully saturated rings.